The lowest BCUT2D eigenvalue weighted by atomic mass is 9.98. The Labute approximate surface area is 109 Å². The van der Waals surface area contributed by atoms with Gasteiger partial charge in [-0.15, -0.1) is 0 Å². The molecular weight excluding hydrogens is 229 g/mol. The van der Waals surface area contributed by atoms with Gasteiger partial charge in [0.05, 0.1) is 5.60 Å². The van der Waals surface area contributed by atoms with Crippen LogP contribution in [0.25, 0.3) is 6.08 Å². The van der Waals surface area contributed by atoms with Crippen molar-refractivity contribution < 1.29 is 9.50 Å². The third-order valence-electron chi connectivity index (χ3n) is 3.21. The molecule has 0 bridgehead atoms. The maximum atomic E-state index is 12.7. The third kappa shape index (κ3) is 4.98. The van der Waals surface area contributed by atoms with E-state index in [4.69, 9.17) is 0 Å². The Morgan fingerprint density at radius 2 is 1.83 bits per heavy atom. The van der Waals surface area contributed by atoms with Gasteiger partial charge in [-0.2, -0.15) is 0 Å². The molecule has 1 rings (SSSR count). The standard InChI is InChI=1S/C15H22FNO/c1-3-15(18,4-2)12-17-11-5-6-13-7-9-14(16)10-8-13/h5-10,17-18H,3-4,11-12H2,1-2H3/b6-5+. The summed E-state index contributed by atoms with van der Waals surface area (Å²) < 4.78 is 12.7. The molecule has 0 aromatic heterocycles. The first-order valence-electron chi connectivity index (χ1n) is 6.45. The predicted octanol–water partition coefficient (Wildman–Crippen LogP) is 2.98. The predicted molar refractivity (Wildman–Crippen MR) is 73.8 cm³/mol. The lowest BCUT2D eigenvalue weighted by Crippen LogP contribution is -2.39. The van der Waals surface area contributed by atoms with Crippen molar-refractivity contribution in [1.82, 2.24) is 5.32 Å². The zero-order valence-electron chi connectivity index (χ0n) is 11.1. The van der Waals surface area contributed by atoms with Crippen LogP contribution in [0.1, 0.15) is 32.3 Å². The van der Waals surface area contributed by atoms with Crippen molar-refractivity contribution in [3.63, 3.8) is 0 Å². The van der Waals surface area contributed by atoms with Crippen molar-refractivity contribution in [1.29, 1.82) is 0 Å². The Balaban J connectivity index is 2.31. The van der Waals surface area contributed by atoms with Gasteiger partial charge in [0, 0.05) is 13.1 Å². The first-order valence-corrected chi connectivity index (χ1v) is 6.45. The monoisotopic (exact) mass is 251 g/mol. The quantitative estimate of drug-likeness (QED) is 0.730. The zero-order valence-corrected chi connectivity index (χ0v) is 11.1. The molecule has 0 aliphatic heterocycles. The van der Waals surface area contributed by atoms with Crippen LogP contribution in [0.2, 0.25) is 0 Å². The molecule has 0 radical (unpaired) electrons. The molecule has 2 N–H and O–H groups in total. The molecule has 0 heterocycles. The van der Waals surface area contributed by atoms with Crippen molar-refractivity contribution in [2.24, 2.45) is 0 Å². The minimum Gasteiger partial charge on any atom is -0.389 e. The van der Waals surface area contributed by atoms with E-state index in [0.29, 0.717) is 13.1 Å². The average molecular weight is 251 g/mol. The summed E-state index contributed by atoms with van der Waals surface area (Å²) in [4.78, 5) is 0. The smallest absolute Gasteiger partial charge is 0.123 e. The van der Waals surface area contributed by atoms with E-state index >= 15 is 0 Å². The molecule has 0 amide bonds. The van der Waals surface area contributed by atoms with Crippen LogP contribution in [-0.2, 0) is 0 Å². The summed E-state index contributed by atoms with van der Waals surface area (Å²) in [5.41, 5.74) is 0.364. The number of rotatable bonds is 7. The van der Waals surface area contributed by atoms with Gasteiger partial charge in [-0.25, -0.2) is 4.39 Å². The Hall–Kier alpha value is -1.19. The summed E-state index contributed by atoms with van der Waals surface area (Å²) in [5, 5.41) is 13.2. The van der Waals surface area contributed by atoms with Crippen LogP contribution in [0.3, 0.4) is 0 Å². The highest BCUT2D eigenvalue weighted by atomic mass is 19.1. The van der Waals surface area contributed by atoms with E-state index in [1.54, 1.807) is 12.1 Å². The Bertz CT molecular complexity index is 369. The first kappa shape index (κ1) is 14.9. The number of benzene rings is 1. The van der Waals surface area contributed by atoms with E-state index in [2.05, 4.69) is 5.32 Å². The SMILES string of the molecule is CCC(O)(CC)CNC/C=C/c1ccc(F)cc1. The van der Waals surface area contributed by atoms with E-state index < -0.39 is 5.60 Å². The second-order valence-corrected chi connectivity index (χ2v) is 4.52. The first-order chi connectivity index (χ1) is 8.59. The summed E-state index contributed by atoms with van der Waals surface area (Å²) in [6.45, 7) is 5.26. The maximum Gasteiger partial charge on any atom is 0.123 e. The lowest BCUT2D eigenvalue weighted by molar-refractivity contribution is 0.0335. The average Bonchev–Trinajstić information content (AvgIpc) is 2.40. The highest BCUT2D eigenvalue weighted by Gasteiger charge is 2.20. The lowest BCUT2D eigenvalue weighted by Gasteiger charge is -2.25. The second-order valence-electron chi connectivity index (χ2n) is 4.52. The number of nitrogens with one attached hydrogen (secondary N) is 1. The van der Waals surface area contributed by atoms with Gasteiger partial charge in [-0.1, -0.05) is 38.1 Å². The third-order valence-corrected chi connectivity index (χ3v) is 3.21. The fourth-order valence-electron chi connectivity index (χ4n) is 1.66. The van der Waals surface area contributed by atoms with Crippen LogP contribution >= 0.6 is 0 Å². The van der Waals surface area contributed by atoms with Crippen molar-refractivity contribution in [3.8, 4) is 0 Å². The van der Waals surface area contributed by atoms with Gasteiger partial charge in [0.1, 0.15) is 5.82 Å². The molecule has 3 heteroatoms. The van der Waals surface area contributed by atoms with Crippen LogP contribution < -0.4 is 5.32 Å². The normalized spacial score (nSPS) is 12.2. The number of aliphatic hydroxyl groups is 1. The topological polar surface area (TPSA) is 32.3 Å². The minimum absolute atomic E-state index is 0.221. The summed E-state index contributed by atoms with van der Waals surface area (Å²) in [6.07, 6.45) is 5.40. The fourth-order valence-corrected chi connectivity index (χ4v) is 1.66. The molecule has 1 aromatic carbocycles. The van der Waals surface area contributed by atoms with Crippen molar-refractivity contribution >= 4 is 6.08 Å². The van der Waals surface area contributed by atoms with Crippen LogP contribution in [0.15, 0.2) is 30.3 Å². The van der Waals surface area contributed by atoms with E-state index in [1.165, 1.54) is 12.1 Å². The van der Waals surface area contributed by atoms with Gasteiger partial charge in [0.15, 0.2) is 0 Å². The molecular formula is C15H22FNO. The molecule has 100 valence electrons. The van der Waals surface area contributed by atoms with E-state index in [0.717, 1.165) is 18.4 Å². The van der Waals surface area contributed by atoms with Gasteiger partial charge < -0.3 is 10.4 Å². The Morgan fingerprint density at radius 3 is 2.39 bits per heavy atom. The largest absolute Gasteiger partial charge is 0.389 e. The van der Waals surface area contributed by atoms with Crippen molar-refractivity contribution in [3.05, 3.63) is 41.7 Å². The fraction of sp³-hybridized carbons (Fsp3) is 0.467. The Kier molecular flexibility index (Phi) is 6.02. The zero-order chi connectivity index (χ0) is 13.4. The molecule has 0 aliphatic rings. The minimum atomic E-state index is -0.607. The molecule has 0 atom stereocenters. The second kappa shape index (κ2) is 7.29. The number of halogens is 1. The van der Waals surface area contributed by atoms with Gasteiger partial charge in [-0.05, 0) is 30.5 Å². The summed E-state index contributed by atoms with van der Waals surface area (Å²) in [7, 11) is 0. The molecule has 18 heavy (non-hydrogen) atoms. The van der Waals surface area contributed by atoms with Crippen LogP contribution in [0.4, 0.5) is 4.39 Å². The summed E-state index contributed by atoms with van der Waals surface area (Å²) in [6, 6.07) is 6.36. The van der Waals surface area contributed by atoms with Gasteiger partial charge >= 0.3 is 0 Å². The van der Waals surface area contributed by atoms with Crippen LogP contribution in [0, 0.1) is 5.82 Å². The highest BCUT2D eigenvalue weighted by Crippen LogP contribution is 2.12. The van der Waals surface area contributed by atoms with E-state index in [1.807, 2.05) is 26.0 Å². The molecule has 0 saturated carbocycles. The van der Waals surface area contributed by atoms with Crippen molar-refractivity contribution in [2.45, 2.75) is 32.3 Å². The molecule has 0 saturated heterocycles. The van der Waals surface area contributed by atoms with Crippen molar-refractivity contribution in [2.75, 3.05) is 13.1 Å². The highest BCUT2D eigenvalue weighted by molar-refractivity contribution is 5.48. The number of hydrogen-bond acceptors (Lipinski definition) is 2. The van der Waals surface area contributed by atoms with Gasteiger partial charge in [-0.3, -0.25) is 0 Å². The summed E-state index contributed by atoms with van der Waals surface area (Å²) >= 11 is 0. The van der Waals surface area contributed by atoms with Gasteiger partial charge in [0.2, 0.25) is 0 Å². The van der Waals surface area contributed by atoms with Gasteiger partial charge in [0.25, 0.3) is 0 Å². The molecule has 0 unspecified atom stereocenters. The molecule has 0 spiro atoms. The molecule has 0 aliphatic carbocycles. The maximum absolute atomic E-state index is 12.7. The molecule has 1 aromatic rings. The molecule has 0 fully saturated rings. The number of hydrogen-bond donors (Lipinski definition) is 2. The Morgan fingerprint density at radius 1 is 1.22 bits per heavy atom. The van der Waals surface area contributed by atoms with Crippen LogP contribution in [-0.4, -0.2) is 23.8 Å². The van der Waals surface area contributed by atoms with Crippen LogP contribution in [0.5, 0.6) is 0 Å². The summed E-state index contributed by atoms with van der Waals surface area (Å²) in [5.74, 6) is -0.221. The van der Waals surface area contributed by atoms with E-state index in [-0.39, 0.29) is 5.82 Å². The molecule has 2 nitrogen and oxygen atoms in total. The van der Waals surface area contributed by atoms with E-state index in [9.17, 15) is 9.50 Å².